The Morgan fingerprint density at radius 3 is 2.67 bits per heavy atom. The van der Waals surface area contributed by atoms with Crippen LogP contribution in [0.15, 0.2) is 0 Å². The second-order valence-electron chi connectivity index (χ2n) is 4.85. The second-order valence-corrected chi connectivity index (χ2v) is 4.85. The largest absolute Gasteiger partial charge is 0.329 e. The van der Waals surface area contributed by atoms with E-state index in [1.165, 1.54) is 45.6 Å². The maximum atomic E-state index is 5.46. The minimum Gasteiger partial charge on any atom is -0.329 e. The quantitative estimate of drug-likeness (QED) is 0.559. The third-order valence-corrected chi connectivity index (χ3v) is 3.51. The lowest BCUT2D eigenvalue weighted by atomic mass is 9.95. The van der Waals surface area contributed by atoms with Crippen molar-refractivity contribution in [3.63, 3.8) is 0 Å². The summed E-state index contributed by atoms with van der Waals surface area (Å²) in [5, 5.41) is 6.87. The molecule has 2 rings (SSSR count). The van der Waals surface area contributed by atoms with Crippen LogP contribution in [-0.2, 0) is 0 Å². The highest BCUT2D eigenvalue weighted by atomic mass is 15.2. The first-order chi connectivity index (χ1) is 7.38. The fourth-order valence-electron chi connectivity index (χ4n) is 2.56. The molecule has 0 radical (unpaired) electrons. The summed E-state index contributed by atoms with van der Waals surface area (Å²) in [5.74, 6) is 0.932. The van der Waals surface area contributed by atoms with Crippen LogP contribution in [0.1, 0.15) is 12.8 Å². The lowest BCUT2D eigenvalue weighted by Gasteiger charge is -2.42. The van der Waals surface area contributed by atoms with Crippen LogP contribution in [0, 0.1) is 5.92 Å². The number of rotatable bonds is 5. The molecule has 0 unspecified atom stereocenters. The molecule has 15 heavy (non-hydrogen) atoms. The first-order valence-electron chi connectivity index (χ1n) is 6.25. The molecule has 4 nitrogen and oxygen atoms in total. The van der Waals surface area contributed by atoms with E-state index in [9.17, 15) is 0 Å². The molecule has 0 aromatic rings. The van der Waals surface area contributed by atoms with E-state index in [0.717, 1.165) is 19.0 Å². The molecule has 0 aromatic carbocycles. The summed E-state index contributed by atoms with van der Waals surface area (Å²) in [4.78, 5) is 2.57. The molecule has 0 aromatic heterocycles. The van der Waals surface area contributed by atoms with Crippen molar-refractivity contribution in [1.82, 2.24) is 15.5 Å². The lowest BCUT2D eigenvalue weighted by Crippen LogP contribution is -2.59. The van der Waals surface area contributed by atoms with Crippen molar-refractivity contribution in [3.05, 3.63) is 0 Å². The predicted octanol–water partition coefficient (Wildman–Crippen LogP) is -0.781. The standard InChI is InChI=1S/C11H24N4/c12-3-6-14-11-8-15(9-11)7-10-1-4-13-5-2-10/h10-11,13-14H,1-9,12H2. The fourth-order valence-corrected chi connectivity index (χ4v) is 2.56. The molecule has 4 heteroatoms. The number of hydrogen-bond donors (Lipinski definition) is 3. The number of hydrogen-bond acceptors (Lipinski definition) is 4. The first-order valence-corrected chi connectivity index (χ1v) is 6.25. The minimum atomic E-state index is 0.704. The minimum absolute atomic E-state index is 0.704. The molecule has 88 valence electrons. The van der Waals surface area contributed by atoms with Gasteiger partial charge in [0.15, 0.2) is 0 Å². The summed E-state index contributed by atoms with van der Waals surface area (Å²) >= 11 is 0. The Kier molecular flexibility index (Phi) is 4.38. The van der Waals surface area contributed by atoms with Gasteiger partial charge in [-0.25, -0.2) is 0 Å². The molecule has 0 amide bonds. The average Bonchev–Trinajstić information content (AvgIpc) is 2.23. The van der Waals surface area contributed by atoms with Crippen molar-refractivity contribution in [2.75, 3.05) is 45.8 Å². The highest BCUT2D eigenvalue weighted by Crippen LogP contribution is 2.17. The topological polar surface area (TPSA) is 53.3 Å². The molecule has 0 spiro atoms. The van der Waals surface area contributed by atoms with Gasteiger partial charge in [0.25, 0.3) is 0 Å². The second kappa shape index (κ2) is 5.80. The monoisotopic (exact) mass is 212 g/mol. The van der Waals surface area contributed by atoms with Crippen LogP contribution >= 0.6 is 0 Å². The molecule has 0 atom stereocenters. The third kappa shape index (κ3) is 3.41. The van der Waals surface area contributed by atoms with Crippen molar-refractivity contribution in [3.8, 4) is 0 Å². The van der Waals surface area contributed by atoms with Gasteiger partial charge in [0, 0.05) is 38.8 Å². The summed E-state index contributed by atoms with van der Waals surface area (Å²) in [7, 11) is 0. The zero-order valence-electron chi connectivity index (χ0n) is 9.54. The average molecular weight is 212 g/mol. The summed E-state index contributed by atoms with van der Waals surface area (Å²) in [5.41, 5.74) is 5.46. The molecule has 4 N–H and O–H groups in total. The Morgan fingerprint density at radius 1 is 1.27 bits per heavy atom. The number of piperidine rings is 1. The molecule has 0 bridgehead atoms. The molecular weight excluding hydrogens is 188 g/mol. The van der Waals surface area contributed by atoms with Crippen LogP contribution in [-0.4, -0.2) is 56.8 Å². The number of likely N-dealkylation sites (tertiary alicyclic amines) is 1. The summed E-state index contributed by atoms with van der Waals surface area (Å²) in [6, 6.07) is 0.704. The highest BCUT2D eigenvalue weighted by Gasteiger charge is 2.28. The van der Waals surface area contributed by atoms with E-state index >= 15 is 0 Å². The fraction of sp³-hybridized carbons (Fsp3) is 1.00. The summed E-state index contributed by atoms with van der Waals surface area (Å²) < 4.78 is 0. The molecular formula is C11H24N4. The highest BCUT2D eigenvalue weighted by molar-refractivity contribution is 4.87. The summed E-state index contributed by atoms with van der Waals surface area (Å²) in [6.45, 7) is 7.91. The Hall–Kier alpha value is -0.160. The molecule has 2 aliphatic heterocycles. The van der Waals surface area contributed by atoms with Gasteiger partial charge < -0.3 is 16.4 Å². The Balaban J connectivity index is 1.54. The lowest BCUT2D eigenvalue weighted by molar-refractivity contribution is 0.0979. The molecule has 0 saturated carbocycles. The maximum absolute atomic E-state index is 5.46. The van der Waals surface area contributed by atoms with E-state index in [-0.39, 0.29) is 0 Å². The van der Waals surface area contributed by atoms with Gasteiger partial charge in [-0.2, -0.15) is 0 Å². The van der Waals surface area contributed by atoms with E-state index in [0.29, 0.717) is 6.04 Å². The summed E-state index contributed by atoms with van der Waals surface area (Å²) in [6.07, 6.45) is 2.72. The van der Waals surface area contributed by atoms with Gasteiger partial charge in [0.1, 0.15) is 0 Å². The molecule has 2 fully saturated rings. The van der Waals surface area contributed by atoms with Gasteiger partial charge in [-0.05, 0) is 31.8 Å². The van der Waals surface area contributed by atoms with Crippen molar-refractivity contribution >= 4 is 0 Å². The third-order valence-electron chi connectivity index (χ3n) is 3.51. The zero-order valence-corrected chi connectivity index (χ0v) is 9.54. The van der Waals surface area contributed by atoms with E-state index in [1.807, 2.05) is 0 Å². The number of nitrogens with one attached hydrogen (secondary N) is 2. The normalized spacial score (nSPS) is 25.4. The SMILES string of the molecule is NCCNC1CN(CC2CCNCC2)C1. The van der Waals surface area contributed by atoms with Crippen molar-refractivity contribution in [1.29, 1.82) is 0 Å². The van der Waals surface area contributed by atoms with Crippen molar-refractivity contribution in [2.24, 2.45) is 11.7 Å². The molecule has 2 heterocycles. The van der Waals surface area contributed by atoms with Gasteiger partial charge in [0.2, 0.25) is 0 Å². The van der Waals surface area contributed by atoms with Gasteiger partial charge in [0.05, 0.1) is 0 Å². The van der Waals surface area contributed by atoms with E-state index in [1.54, 1.807) is 0 Å². The Morgan fingerprint density at radius 2 is 2.00 bits per heavy atom. The van der Waals surface area contributed by atoms with Gasteiger partial charge in [-0.3, -0.25) is 4.90 Å². The smallest absolute Gasteiger partial charge is 0.0323 e. The van der Waals surface area contributed by atoms with Gasteiger partial charge in [-0.15, -0.1) is 0 Å². The molecule has 0 aliphatic carbocycles. The van der Waals surface area contributed by atoms with Crippen LogP contribution in [0.5, 0.6) is 0 Å². The number of nitrogens with zero attached hydrogens (tertiary/aromatic N) is 1. The van der Waals surface area contributed by atoms with Crippen LogP contribution in [0.4, 0.5) is 0 Å². The van der Waals surface area contributed by atoms with Crippen LogP contribution in [0.25, 0.3) is 0 Å². The van der Waals surface area contributed by atoms with E-state index in [4.69, 9.17) is 5.73 Å². The van der Waals surface area contributed by atoms with Gasteiger partial charge >= 0.3 is 0 Å². The van der Waals surface area contributed by atoms with Crippen LogP contribution in [0.2, 0.25) is 0 Å². The Bertz CT molecular complexity index is 173. The van der Waals surface area contributed by atoms with E-state index in [2.05, 4.69) is 15.5 Å². The Labute approximate surface area is 92.6 Å². The van der Waals surface area contributed by atoms with Crippen LogP contribution in [0.3, 0.4) is 0 Å². The van der Waals surface area contributed by atoms with Gasteiger partial charge in [-0.1, -0.05) is 0 Å². The molecule has 2 aliphatic rings. The van der Waals surface area contributed by atoms with Crippen molar-refractivity contribution in [2.45, 2.75) is 18.9 Å². The maximum Gasteiger partial charge on any atom is 0.0323 e. The van der Waals surface area contributed by atoms with Crippen molar-refractivity contribution < 1.29 is 0 Å². The molecule has 2 saturated heterocycles. The predicted molar refractivity (Wildman–Crippen MR) is 62.9 cm³/mol. The van der Waals surface area contributed by atoms with Crippen LogP contribution < -0.4 is 16.4 Å². The zero-order chi connectivity index (χ0) is 10.5. The van der Waals surface area contributed by atoms with E-state index < -0.39 is 0 Å². The number of nitrogens with two attached hydrogens (primary N) is 1. The first kappa shape index (κ1) is 11.3.